The molecule has 0 fully saturated rings. The molecule has 19 heavy (non-hydrogen) atoms. The number of hydrogen-bond donors (Lipinski definition) is 1. The number of hydrogen-bond acceptors (Lipinski definition) is 2. The maximum atomic E-state index is 12.3. The molecule has 0 radical (unpaired) electrons. The highest BCUT2D eigenvalue weighted by atomic mass is 79.9. The number of benzene rings is 1. The van der Waals surface area contributed by atoms with E-state index in [1.807, 2.05) is 24.3 Å². The van der Waals surface area contributed by atoms with E-state index in [-0.39, 0.29) is 18.6 Å². The van der Waals surface area contributed by atoms with Gasteiger partial charge >= 0.3 is 6.18 Å². The Labute approximate surface area is 119 Å². The molecule has 0 aromatic heterocycles. The van der Waals surface area contributed by atoms with Crippen molar-refractivity contribution in [3.8, 4) is 0 Å². The summed E-state index contributed by atoms with van der Waals surface area (Å²) in [6, 6.07) is 6.94. The quantitative estimate of drug-likeness (QED) is 0.886. The first-order valence-corrected chi connectivity index (χ1v) is 6.78. The van der Waals surface area contributed by atoms with Crippen LogP contribution in [0, 0.1) is 0 Å². The van der Waals surface area contributed by atoms with E-state index in [0.29, 0.717) is 0 Å². The van der Waals surface area contributed by atoms with Gasteiger partial charge in [-0.1, -0.05) is 34.1 Å². The Bertz CT molecular complexity index is 407. The molecule has 0 aliphatic carbocycles. The van der Waals surface area contributed by atoms with Gasteiger partial charge in [-0.2, -0.15) is 13.2 Å². The summed E-state index contributed by atoms with van der Waals surface area (Å²) in [6.45, 7) is 1.73. The van der Waals surface area contributed by atoms with E-state index in [9.17, 15) is 13.2 Å². The molecule has 1 aromatic rings. The molecule has 0 aliphatic rings. The van der Waals surface area contributed by atoms with Crippen molar-refractivity contribution in [3.05, 3.63) is 34.3 Å². The average Bonchev–Trinajstić information content (AvgIpc) is 2.28. The molecule has 0 saturated carbocycles. The summed E-state index contributed by atoms with van der Waals surface area (Å²) in [5.41, 5.74) is 6.84. The topological polar surface area (TPSA) is 29.3 Å². The van der Waals surface area contributed by atoms with E-state index in [4.69, 9.17) is 5.73 Å². The van der Waals surface area contributed by atoms with Crippen LogP contribution in [0.4, 0.5) is 13.2 Å². The Morgan fingerprint density at radius 3 is 2.37 bits per heavy atom. The molecule has 2 unspecified atom stereocenters. The number of rotatable bonds is 5. The van der Waals surface area contributed by atoms with Gasteiger partial charge in [0.1, 0.15) is 0 Å². The van der Waals surface area contributed by atoms with Crippen LogP contribution in [0.1, 0.15) is 24.9 Å². The van der Waals surface area contributed by atoms with Crippen LogP contribution in [0.3, 0.4) is 0 Å². The molecule has 0 heterocycles. The zero-order valence-electron chi connectivity index (χ0n) is 10.9. The van der Waals surface area contributed by atoms with Crippen LogP contribution in [0.2, 0.25) is 0 Å². The van der Waals surface area contributed by atoms with Crippen LogP contribution in [-0.2, 0) is 0 Å². The first-order valence-electron chi connectivity index (χ1n) is 5.99. The maximum Gasteiger partial charge on any atom is 0.390 e. The minimum atomic E-state index is -4.15. The van der Waals surface area contributed by atoms with Crippen molar-refractivity contribution in [1.82, 2.24) is 4.90 Å². The molecule has 2 N–H and O–H groups in total. The van der Waals surface area contributed by atoms with Gasteiger partial charge in [-0.05, 0) is 25.6 Å². The van der Waals surface area contributed by atoms with Crippen LogP contribution >= 0.6 is 15.9 Å². The highest BCUT2D eigenvalue weighted by molar-refractivity contribution is 9.10. The molecule has 2 nitrogen and oxygen atoms in total. The Morgan fingerprint density at radius 1 is 1.32 bits per heavy atom. The fourth-order valence-corrected chi connectivity index (χ4v) is 2.60. The summed E-state index contributed by atoms with van der Waals surface area (Å²) in [6.07, 6.45) is -4.98. The third-order valence-corrected chi connectivity index (χ3v) is 3.67. The van der Waals surface area contributed by atoms with Crippen molar-refractivity contribution < 1.29 is 13.2 Å². The van der Waals surface area contributed by atoms with Crippen molar-refractivity contribution in [1.29, 1.82) is 0 Å². The van der Waals surface area contributed by atoms with Crippen LogP contribution in [0.5, 0.6) is 0 Å². The molecule has 0 aliphatic heterocycles. The van der Waals surface area contributed by atoms with Gasteiger partial charge in [0.25, 0.3) is 0 Å². The summed E-state index contributed by atoms with van der Waals surface area (Å²) >= 11 is 3.42. The summed E-state index contributed by atoms with van der Waals surface area (Å²) in [5.74, 6) is 0. The summed E-state index contributed by atoms with van der Waals surface area (Å²) in [4.78, 5) is 1.65. The number of alkyl halides is 3. The standard InChI is InChI=1S/C13H18BrF3N2/c1-9(18)12(10-5-3-4-6-11(10)14)19(2)8-7-13(15,16)17/h3-6,9,12H,7-8,18H2,1-2H3. The van der Waals surface area contributed by atoms with Crippen molar-refractivity contribution in [2.75, 3.05) is 13.6 Å². The van der Waals surface area contributed by atoms with Crippen molar-refractivity contribution in [3.63, 3.8) is 0 Å². The number of nitrogens with two attached hydrogens (primary N) is 1. The van der Waals surface area contributed by atoms with Crippen molar-refractivity contribution in [2.24, 2.45) is 5.73 Å². The number of likely N-dealkylation sites (N-methyl/N-ethyl adjacent to an activating group) is 1. The molecular weight excluding hydrogens is 321 g/mol. The third kappa shape index (κ3) is 5.12. The van der Waals surface area contributed by atoms with E-state index in [2.05, 4.69) is 15.9 Å². The predicted molar refractivity (Wildman–Crippen MR) is 73.8 cm³/mol. The van der Waals surface area contributed by atoms with Gasteiger partial charge in [-0.3, -0.25) is 4.90 Å². The zero-order valence-corrected chi connectivity index (χ0v) is 12.5. The highest BCUT2D eigenvalue weighted by Gasteiger charge is 2.30. The zero-order chi connectivity index (χ0) is 14.6. The van der Waals surface area contributed by atoms with Crippen LogP contribution in [0.15, 0.2) is 28.7 Å². The van der Waals surface area contributed by atoms with Gasteiger partial charge in [0.2, 0.25) is 0 Å². The number of halogens is 4. The molecule has 0 spiro atoms. The lowest BCUT2D eigenvalue weighted by molar-refractivity contribution is -0.138. The monoisotopic (exact) mass is 338 g/mol. The average molecular weight is 339 g/mol. The summed E-state index contributed by atoms with van der Waals surface area (Å²) in [5, 5.41) is 0. The molecule has 1 aromatic carbocycles. The van der Waals surface area contributed by atoms with Crippen LogP contribution < -0.4 is 5.73 Å². The van der Waals surface area contributed by atoms with E-state index < -0.39 is 12.6 Å². The summed E-state index contributed by atoms with van der Waals surface area (Å²) in [7, 11) is 1.67. The number of nitrogens with zero attached hydrogens (tertiary/aromatic N) is 1. The maximum absolute atomic E-state index is 12.3. The molecule has 0 amide bonds. The van der Waals surface area contributed by atoms with Crippen molar-refractivity contribution in [2.45, 2.75) is 31.6 Å². The molecule has 6 heteroatoms. The third-order valence-electron chi connectivity index (χ3n) is 2.94. The van der Waals surface area contributed by atoms with Gasteiger partial charge < -0.3 is 5.73 Å². The largest absolute Gasteiger partial charge is 0.390 e. The van der Waals surface area contributed by atoms with Gasteiger partial charge in [-0.25, -0.2) is 0 Å². The van der Waals surface area contributed by atoms with E-state index in [1.54, 1.807) is 18.9 Å². The van der Waals surface area contributed by atoms with Gasteiger partial charge in [-0.15, -0.1) is 0 Å². The SMILES string of the molecule is CC(N)C(c1ccccc1Br)N(C)CCC(F)(F)F. The minimum absolute atomic E-state index is 0.0724. The lowest BCUT2D eigenvalue weighted by Gasteiger charge is -2.32. The molecule has 1 rings (SSSR count). The van der Waals surface area contributed by atoms with Crippen molar-refractivity contribution >= 4 is 15.9 Å². The molecule has 2 atom stereocenters. The Morgan fingerprint density at radius 2 is 1.89 bits per heavy atom. The second kappa shape index (κ2) is 6.72. The van der Waals surface area contributed by atoms with E-state index in [0.717, 1.165) is 10.0 Å². The first-order chi connectivity index (χ1) is 8.72. The summed E-state index contributed by atoms with van der Waals surface area (Å²) < 4.78 is 37.7. The fraction of sp³-hybridized carbons (Fsp3) is 0.538. The minimum Gasteiger partial charge on any atom is -0.326 e. The Kier molecular flexibility index (Phi) is 5.82. The van der Waals surface area contributed by atoms with Crippen LogP contribution in [-0.4, -0.2) is 30.7 Å². The highest BCUT2D eigenvalue weighted by Crippen LogP contribution is 2.30. The lowest BCUT2D eigenvalue weighted by Crippen LogP contribution is -2.39. The van der Waals surface area contributed by atoms with Gasteiger partial charge in [0, 0.05) is 17.1 Å². The predicted octanol–water partition coefficient (Wildman–Crippen LogP) is 3.72. The molecule has 0 saturated heterocycles. The Hall–Kier alpha value is -0.590. The van der Waals surface area contributed by atoms with E-state index >= 15 is 0 Å². The van der Waals surface area contributed by atoms with Gasteiger partial charge in [0.15, 0.2) is 0 Å². The first kappa shape index (κ1) is 16.5. The lowest BCUT2D eigenvalue weighted by atomic mass is 9.99. The van der Waals surface area contributed by atoms with Gasteiger partial charge in [0.05, 0.1) is 12.5 Å². The normalized spacial score (nSPS) is 15.6. The molecule has 0 bridgehead atoms. The molecule has 108 valence electrons. The molecular formula is C13H18BrF3N2. The van der Waals surface area contributed by atoms with E-state index in [1.165, 1.54) is 0 Å². The second-order valence-corrected chi connectivity index (χ2v) is 5.53. The fourth-order valence-electron chi connectivity index (χ4n) is 2.08. The smallest absolute Gasteiger partial charge is 0.326 e. The Balaban J connectivity index is 2.87. The second-order valence-electron chi connectivity index (χ2n) is 4.67. The van der Waals surface area contributed by atoms with Crippen LogP contribution in [0.25, 0.3) is 0 Å².